The van der Waals surface area contributed by atoms with E-state index in [1.165, 1.54) is 0 Å². The minimum Gasteiger partial charge on any atom is -0.384 e. The Kier molecular flexibility index (Phi) is 4.24. The zero-order valence-corrected chi connectivity index (χ0v) is 9.75. The van der Waals surface area contributed by atoms with Gasteiger partial charge in [-0.3, -0.25) is 4.98 Å². The van der Waals surface area contributed by atoms with Crippen LogP contribution in [0.5, 0.6) is 0 Å². The second kappa shape index (κ2) is 5.24. The van der Waals surface area contributed by atoms with E-state index in [0.717, 1.165) is 24.2 Å². The zero-order chi connectivity index (χ0) is 11.3. The normalized spacial score (nSPS) is 14.9. The van der Waals surface area contributed by atoms with Crippen LogP contribution in [-0.4, -0.2) is 23.2 Å². The van der Waals surface area contributed by atoms with E-state index in [9.17, 15) is 5.11 Å². The van der Waals surface area contributed by atoms with Gasteiger partial charge in [-0.2, -0.15) is 0 Å². The summed E-state index contributed by atoms with van der Waals surface area (Å²) in [5.41, 5.74) is 0.989. The molecular weight excluding hydrogens is 188 g/mol. The zero-order valence-electron chi connectivity index (χ0n) is 9.75. The van der Waals surface area contributed by atoms with Crippen LogP contribution in [0.2, 0.25) is 0 Å². The number of pyridine rings is 1. The number of nitrogens with one attached hydrogen (secondary N) is 1. The summed E-state index contributed by atoms with van der Waals surface area (Å²) in [4.78, 5) is 4.19. The number of aromatic nitrogens is 1. The molecule has 84 valence electrons. The predicted molar refractivity (Wildman–Crippen MR) is 61.7 cm³/mol. The molecule has 2 N–H and O–H groups in total. The van der Waals surface area contributed by atoms with Crippen LogP contribution >= 0.6 is 0 Å². The Hall–Kier alpha value is -0.930. The highest BCUT2D eigenvalue weighted by molar-refractivity contribution is 5.20. The van der Waals surface area contributed by atoms with E-state index in [1.807, 2.05) is 26.0 Å². The Balaban J connectivity index is 2.63. The van der Waals surface area contributed by atoms with Gasteiger partial charge in [0.1, 0.15) is 5.60 Å². The summed E-state index contributed by atoms with van der Waals surface area (Å²) in [6, 6.07) is 3.85. The molecule has 0 amide bonds. The van der Waals surface area contributed by atoms with E-state index in [-0.39, 0.29) is 0 Å². The van der Waals surface area contributed by atoms with Crippen LogP contribution < -0.4 is 5.32 Å². The first kappa shape index (κ1) is 12.1. The van der Waals surface area contributed by atoms with Crippen LogP contribution in [0.25, 0.3) is 0 Å². The van der Waals surface area contributed by atoms with E-state index < -0.39 is 5.60 Å². The van der Waals surface area contributed by atoms with Gasteiger partial charge in [-0.15, -0.1) is 0 Å². The van der Waals surface area contributed by atoms with Crippen LogP contribution in [0.15, 0.2) is 18.3 Å². The maximum absolute atomic E-state index is 10.2. The van der Waals surface area contributed by atoms with E-state index >= 15 is 0 Å². The number of aryl methyl sites for hydroxylation is 1. The molecule has 1 heterocycles. The Bertz CT molecular complexity index is 293. The first-order valence-electron chi connectivity index (χ1n) is 5.42. The highest BCUT2D eigenvalue weighted by Gasteiger charge is 2.22. The molecule has 1 aromatic heterocycles. The van der Waals surface area contributed by atoms with Crippen molar-refractivity contribution < 1.29 is 5.11 Å². The highest BCUT2D eigenvalue weighted by atomic mass is 16.3. The minimum atomic E-state index is -0.837. The average Bonchev–Trinajstić information content (AvgIpc) is 2.18. The summed E-state index contributed by atoms with van der Waals surface area (Å²) in [7, 11) is 0. The molecule has 1 rings (SSSR count). The smallest absolute Gasteiger partial charge is 0.101 e. The minimum absolute atomic E-state index is 0.561. The van der Waals surface area contributed by atoms with Gasteiger partial charge in [0.15, 0.2) is 0 Å². The van der Waals surface area contributed by atoms with Gasteiger partial charge >= 0.3 is 0 Å². The summed E-state index contributed by atoms with van der Waals surface area (Å²) in [6.45, 7) is 7.34. The van der Waals surface area contributed by atoms with Crippen LogP contribution in [0, 0.1) is 6.92 Å². The summed E-state index contributed by atoms with van der Waals surface area (Å²) in [5.74, 6) is 0. The molecule has 0 aliphatic rings. The van der Waals surface area contributed by atoms with Crippen molar-refractivity contribution in [2.75, 3.05) is 13.1 Å². The summed E-state index contributed by atoms with van der Waals surface area (Å²) in [5, 5.41) is 13.4. The lowest BCUT2D eigenvalue weighted by Gasteiger charge is -2.24. The lowest BCUT2D eigenvalue weighted by Crippen LogP contribution is -2.35. The molecule has 3 nitrogen and oxygen atoms in total. The fourth-order valence-electron chi connectivity index (χ4n) is 1.40. The van der Waals surface area contributed by atoms with Crippen molar-refractivity contribution >= 4 is 0 Å². The molecular formula is C12H20N2O. The Morgan fingerprint density at radius 1 is 1.47 bits per heavy atom. The van der Waals surface area contributed by atoms with E-state index in [1.54, 1.807) is 6.20 Å². The van der Waals surface area contributed by atoms with Gasteiger partial charge in [0.2, 0.25) is 0 Å². The van der Waals surface area contributed by atoms with Crippen molar-refractivity contribution in [1.82, 2.24) is 10.3 Å². The Labute approximate surface area is 91.5 Å². The van der Waals surface area contributed by atoms with Crippen LogP contribution in [0.4, 0.5) is 0 Å². The third-order valence-electron chi connectivity index (χ3n) is 2.43. The number of nitrogens with zero attached hydrogens (tertiary/aromatic N) is 1. The molecule has 0 aliphatic carbocycles. The molecule has 0 aliphatic heterocycles. The molecule has 0 aromatic carbocycles. The summed E-state index contributed by atoms with van der Waals surface area (Å²) < 4.78 is 0. The molecule has 0 spiro atoms. The molecule has 0 saturated carbocycles. The maximum Gasteiger partial charge on any atom is 0.101 e. The maximum atomic E-state index is 10.2. The molecule has 1 unspecified atom stereocenters. The first-order valence-corrected chi connectivity index (χ1v) is 5.42. The standard InChI is InChI=1S/C12H20N2O/c1-4-7-13-9-12(3,15)11-6-5-10(2)14-8-11/h5-6,8,13,15H,4,7,9H2,1-3H3. The van der Waals surface area contributed by atoms with Gasteiger partial charge in [0.05, 0.1) is 0 Å². The first-order chi connectivity index (χ1) is 7.06. The van der Waals surface area contributed by atoms with Crippen molar-refractivity contribution in [2.45, 2.75) is 32.8 Å². The fraction of sp³-hybridized carbons (Fsp3) is 0.583. The molecule has 0 bridgehead atoms. The molecule has 0 fully saturated rings. The van der Waals surface area contributed by atoms with Gasteiger partial charge in [-0.1, -0.05) is 13.0 Å². The molecule has 1 aromatic rings. The van der Waals surface area contributed by atoms with Crippen molar-refractivity contribution in [2.24, 2.45) is 0 Å². The van der Waals surface area contributed by atoms with Gasteiger partial charge in [-0.25, -0.2) is 0 Å². The largest absolute Gasteiger partial charge is 0.384 e. The topological polar surface area (TPSA) is 45.1 Å². The second-order valence-electron chi connectivity index (χ2n) is 4.14. The number of hydrogen-bond acceptors (Lipinski definition) is 3. The fourth-order valence-corrected chi connectivity index (χ4v) is 1.40. The number of rotatable bonds is 5. The average molecular weight is 208 g/mol. The van der Waals surface area contributed by atoms with E-state index in [4.69, 9.17) is 0 Å². The van der Waals surface area contributed by atoms with Gasteiger partial charge in [-0.05, 0) is 32.9 Å². The third kappa shape index (κ3) is 3.61. The molecule has 15 heavy (non-hydrogen) atoms. The van der Waals surface area contributed by atoms with Gasteiger partial charge in [0, 0.05) is 24.0 Å². The predicted octanol–water partition coefficient (Wildman–Crippen LogP) is 1.60. The Morgan fingerprint density at radius 3 is 2.73 bits per heavy atom. The lowest BCUT2D eigenvalue weighted by atomic mass is 9.97. The SMILES string of the molecule is CCCNCC(C)(O)c1ccc(C)nc1. The molecule has 3 heteroatoms. The van der Waals surface area contributed by atoms with Crippen molar-refractivity contribution in [3.05, 3.63) is 29.6 Å². The number of aliphatic hydroxyl groups is 1. The van der Waals surface area contributed by atoms with Gasteiger partial charge in [0.25, 0.3) is 0 Å². The molecule has 0 saturated heterocycles. The Morgan fingerprint density at radius 2 is 2.20 bits per heavy atom. The van der Waals surface area contributed by atoms with Crippen LogP contribution in [0.3, 0.4) is 0 Å². The van der Waals surface area contributed by atoms with Crippen molar-refractivity contribution in [3.63, 3.8) is 0 Å². The summed E-state index contributed by atoms with van der Waals surface area (Å²) in [6.07, 6.45) is 2.81. The van der Waals surface area contributed by atoms with Crippen LogP contribution in [-0.2, 0) is 5.60 Å². The number of hydrogen-bond donors (Lipinski definition) is 2. The lowest BCUT2D eigenvalue weighted by molar-refractivity contribution is 0.0568. The monoisotopic (exact) mass is 208 g/mol. The second-order valence-corrected chi connectivity index (χ2v) is 4.14. The molecule has 1 atom stereocenters. The van der Waals surface area contributed by atoms with E-state index in [2.05, 4.69) is 17.2 Å². The quantitative estimate of drug-likeness (QED) is 0.722. The molecule has 0 radical (unpaired) electrons. The van der Waals surface area contributed by atoms with Crippen molar-refractivity contribution in [1.29, 1.82) is 0 Å². The van der Waals surface area contributed by atoms with E-state index in [0.29, 0.717) is 6.54 Å². The highest BCUT2D eigenvalue weighted by Crippen LogP contribution is 2.18. The third-order valence-corrected chi connectivity index (χ3v) is 2.43. The summed E-state index contributed by atoms with van der Waals surface area (Å²) >= 11 is 0. The van der Waals surface area contributed by atoms with Crippen molar-refractivity contribution in [3.8, 4) is 0 Å². The van der Waals surface area contributed by atoms with Gasteiger partial charge < -0.3 is 10.4 Å². The van der Waals surface area contributed by atoms with Crippen LogP contribution in [0.1, 0.15) is 31.5 Å².